The fourth-order valence-corrected chi connectivity index (χ4v) is 1.47. The summed E-state index contributed by atoms with van der Waals surface area (Å²) in [6.07, 6.45) is 2.44. The Bertz CT molecular complexity index is 546. The van der Waals surface area contributed by atoms with Crippen LogP contribution in [0.25, 0.3) is 0 Å². The van der Waals surface area contributed by atoms with Crippen LogP contribution in [0, 0.1) is 0 Å². The second kappa shape index (κ2) is 6.15. The summed E-state index contributed by atoms with van der Waals surface area (Å²) in [4.78, 5) is 19.6. The summed E-state index contributed by atoms with van der Waals surface area (Å²) in [5.74, 6) is 0.501. The van der Waals surface area contributed by atoms with E-state index in [2.05, 4.69) is 15.3 Å². The van der Waals surface area contributed by atoms with Gasteiger partial charge in [-0.3, -0.25) is 10.1 Å². The van der Waals surface area contributed by atoms with Gasteiger partial charge in [-0.25, -0.2) is 9.97 Å². The van der Waals surface area contributed by atoms with Gasteiger partial charge in [0, 0.05) is 17.4 Å². The summed E-state index contributed by atoms with van der Waals surface area (Å²) in [7, 11) is 0. The quantitative estimate of drug-likeness (QED) is 0.933. The fraction of sp³-hybridized carbons (Fsp3) is 0.154. The van der Waals surface area contributed by atoms with E-state index in [-0.39, 0.29) is 11.9 Å². The first-order valence-corrected chi connectivity index (χ1v) is 6.03. The molecule has 1 N–H and O–H groups in total. The number of ether oxygens (including phenoxy) is 1. The molecule has 1 heterocycles. The van der Waals surface area contributed by atoms with Gasteiger partial charge in [-0.2, -0.15) is 0 Å². The van der Waals surface area contributed by atoms with Gasteiger partial charge in [-0.05, 0) is 37.3 Å². The number of rotatable bonds is 4. The van der Waals surface area contributed by atoms with E-state index in [9.17, 15) is 4.79 Å². The van der Waals surface area contributed by atoms with Crippen LogP contribution in [0.1, 0.15) is 6.92 Å². The van der Waals surface area contributed by atoms with Crippen LogP contribution in [0.2, 0.25) is 5.02 Å². The van der Waals surface area contributed by atoms with E-state index < -0.39 is 6.10 Å². The van der Waals surface area contributed by atoms with Crippen molar-refractivity contribution in [2.24, 2.45) is 0 Å². The molecular weight excluding hydrogens is 266 g/mol. The van der Waals surface area contributed by atoms with Crippen LogP contribution >= 0.6 is 11.6 Å². The molecule has 0 aliphatic heterocycles. The highest BCUT2D eigenvalue weighted by atomic mass is 35.5. The highest BCUT2D eigenvalue weighted by Gasteiger charge is 2.15. The van der Waals surface area contributed by atoms with Crippen molar-refractivity contribution in [2.75, 3.05) is 5.32 Å². The van der Waals surface area contributed by atoms with E-state index in [1.54, 1.807) is 49.6 Å². The van der Waals surface area contributed by atoms with Crippen molar-refractivity contribution in [2.45, 2.75) is 13.0 Å². The summed E-state index contributed by atoms with van der Waals surface area (Å²) in [5.41, 5.74) is 0. The first-order valence-electron chi connectivity index (χ1n) is 5.65. The number of carbonyl (C=O) groups excluding carboxylic acids is 1. The number of hydrogen-bond donors (Lipinski definition) is 1. The van der Waals surface area contributed by atoms with Crippen molar-refractivity contribution >= 4 is 23.5 Å². The molecule has 0 aliphatic carbocycles. The van der Waals surface area contributed by atoms with Crippen molar-refractivity contribution in [3.63, 3.8) is 0 Å². The highest BCUT2D eigenvalue weighted by Crippen LogP contribution is 2.17. The number of halogens is 1. The predicted molar refractivity (Wildman–Crippen MR) is 72.2 cm³/mol. The summed E-state index contributed by atoms with van der Waals surface area (Å²) in [6.45, 7) is 1.65. The second-order valence-electron chi connectivity index (χ2n) is 3.78. The Morgan fingerprint density at radius 1 is 1.26 bits per heavy atom. The van der Waals surface area contributed by atoms with Crippen molar-refractivity contribution in [1.82, 2.24) is 9.97 Å². The van der Waals surface area contributed by atoms with Crippen molar-refractivity contribution < 1.29 is 9.53 Å². The third kappa shape index (κ3) is 3.93. The zero-order valence-corrected chi connectivity index (χ0v) is 11.0. The number of nitrogens with zero attached hydrogens (tertiary/aromatic N) is 2. The fourth-order valence-electron chi connectivity index (χ4n) is 1.35. The Balaban J connectivity index is 1.94. The lowest BCUT2D eigenvalue weighted by molar-refractivity contribution is -0.122. The van der Waals surface area contributed by atoms with Gasteiger partial charge >= 0.3 is 0 Å². The standard InChI is InChI=1S/C13H12ClN3O2/c1-9(19-11-5-3-10(14)4-6-11)12(18)17-13-15-7-2-8-16-13/h2-9H,1H3,(H,15,16,17,18)/t9-/m1/s1. The summed E-state index contributed by atoms with van der Waals surface area (Å²) in [5, 5.41) is 3.17. The maximum atomic E-state index is 11.8. The molecule has 5 nitrogen and oxygen atoms in total. The van der Waals surface area contributed by atoms with Gasteiger partial charge in [0.05, 0.1) is 0 Å². The third-order valence-electron chi connectivity index (χ3n) is 2.30. The Labute approximate surface area is 115 Å². The van der Waals surface area contributed by atoms with E-state index in [0.29, 0.717) is 10.8 Å². The average molecular weight is 278 g/mol. The lowest BCUT2D eigenvalue weighted by atomic mass is 10.3. The van der Waals surface area contributed by atoms with Crippen LogP contribution in [0.15, 0.2) is 42.7 Å². The first-order chi connectivity index (χ1) is 9.15. The maximum Gasteiger partial charge on any atom is 0.267 e. The molecule has 1 amide bonds. The molecular formula is C13H12ClN3O2. The molecule has 0 fully saturated rings. The zero-order chi connectivity index (χ0) is 13.7. The molecule has 1 aromatic heterocycles. The minimum Gasteiger partial charge on any atom is -0.481 e. The normalized spacial score (nSPS) is 11.7. The van der Waals surface area contributed by atoms with Crippen LogP contribution < -0.4 is 10.1 Å². The van der Waals surface area contributed by atoms with Crippen molar-refractivity contribution in [3.05, 3.63) is 47.7 Å². The molecule has 0 spiro atoms. The monoisotopic (exact) mass is 277 g/mol. The van der Waals surface area contributed by atoms with Crippen LogP contribution in [-0.4, -0.2) is 22.0 Å². The lowest BCUT2D eigenvalue weighted by Crippen LogP contribution is -2.30. The van der Waals surface area contributed by atoms with E-state index in [1.165, 1.54) is 0 Å². The van der Waals surface area contributed by atoms with E-state index in [4.69, 9.17) is 16.3 Å². The molecule has 2 rings (SSSR count). The van der Waals surface area contributed by atoms with E-state index in [1.807, 2.05) is 0 Å². The number of hydrogen-bond acceptors (Lipinski definition) is 4. The van der Waals surface area contributed by atoms with Gasteiger partial charge in [0.25, 0.3) is 5.91 Å². The SMILES string of the molecule is C[C@@H](Oc1ccc(Cl)cc1)C(=O)Nc1ncccn1. The Kier molecular flexibility index (Phi) is 4.30. The highest BCUT2D eigenvalue weighted by molar-refractivity contribution is 6.30. The Hall–Kier alpha value is -2.14. The molecule has 98 valence electrons. The number of benzene rings is 1. The van der Waals surface area contributed by atoms with E-state index in [0.717, 1.165) is 0 Å². The molecule has 1 aromatic carbocycles. The van der Waals surface area contributed by atoms with E-state index >= 15 is 0 Å². The molecule has 0 aliphatic rings. The molecule has 0 saturated heterocycles. The van der Waals surface area contributed by atoms with Gasteiger partial charge < -0.3 is 4.74 Å². The molecule has 0 unspecified atom stereocenters. The van der Waals surface area contributed by atoms with Gasteiger partial charge in [0.2, 0.25) is 5.95 Å². The molecule has 6 heteroatoms. The summed E-state index contributed by atoms with van der Waals surface area (Å²) in [6, 6.07) is 8.46. The van der Waals surface area contributed by atoms with Gasteiger partial charge in [-0.1, -0.05) is 11.6 Å². The number of anilines is 1. The lowest BCUT2D eigenvalue weighted by Gasteiger charge is -2.13. The third-order valence-corrected chi connectivity index (χ3v) is 2.55. The van der Waals surface area contributed by atoms with Crippen LogP contribution in [0.4, 0.5) is 5.95 Å². The van der Waals surface area contributed by atoms with Crippen molar-refractivity contribution in [3.8, 4) is 5.75 Å². The Morgan fingerprint density at radius 2 is 1.89 bits per heavy atom. The predicted octanol–water partition coefficient (Wildman–Crippen LogP) is 2.54. The number of amides is 1. The second-order valence-corrected chi connectivity index (χ2v) is 4.21. The molecule has 0 saturated carbocycles. The topological polar surface area (TPSA) is 64.1 Å². The number of carbonyl (C=O) groups is 1. The maximum absolute atomic E-state index is 11.8. The zero-order valence-electron chi connectivity index (χ0n) is 10.2. The summed E-state index contributed by atoms with van der Waals surface area (Å²) >= 11 is 5.77. The molecule has 2 aromatic rings. The number of aromatic nitrogens is 2. The van der Waals surface area contributed by atoms with Crippen LogP contribution in [0.3, 0.4) is 0 Å². The van der Waals surface area contributed by atoms with Gasteiger partial charge in [0.15, 0.2) is 6.10 Å². The molecule has 0 radical (unpaired) electrons. The molecule has 19 heavy (non-hydrogen) atoms. The molecule has 0 bridgehead atoms. The summed E-state index contributed by atoms with van der Waals surface area (Å²) < 4.78 is 5.48. The van der Waals surface area contributed by atoms with Crippen LogP contribution in [0.5, 0.6) is 5.75 Å². The Morgan fingerprint density at radius 3 is 2.53 bits per heavy atom. The first kappa shape index (κ1) is 13.3. The smallest absolute Gasteiger partial charge is 0.267 e. The number of nitrogens with one attached hydrogen (secondary N) is 1. The van der Waals surface area contributed by atoms with Gasteiger partial charge in [-0.15, -0.1) is 0 Å². The minimum absolute atomic E-state index is 0.249. The van der Waals surface area contributed by atoms with Gasteiger partial charge in [0.1, 0.15) is 5.75 Å². The molecule has 1 atom stereocenters. The average Bonchev–Trinajstić information content (AvgIpc) is 2.42. The largest absolute Gasteiger partial charge is 0.481 e. The van der Waals surface area contributed by atoms with Crippen molar-refractivity contribution in [1.29, 1.82) is 0 Å². The van der Waals surface area contributed by atoms with Crippen LogP contribution in [-0.2, 0) is 4.79 Å². The minimum atomic E-state index is -0.662.